The molecule has 0 radical (unpaired) electrons. The maximum atomic E-state index is 11.6. The SMILES string of the molecule is CN=C(NCCCNC(=O)OC(C)(C)C)NCCCc1cn(-c2ccccc2)nc1C.I. The van der Waals surface area contributed by atoms with Gasteiger partial charge in [0.25, 0.3) is 0 Å². The number of nitrogens with one attached hydrogen (secondary N) is 3. The van der Waals surface area contributed by atoms with Crippen LogP contribution in [0.5, 0.6) is 0 Å². The molecule has 1 aromatic carbocycles. The summed E-state index contributed by atoms with van der Waals surface area (Å²) >= 11 is 0. The third kappa shape index (κ3) is 10.3. The van der Waals surface area contributed by atoms with E-state index in [9.17, 15) is 4.79 Å². The van der Waals surface area contributed by atoms with E-state index in [0.717, 1.165) is 43.1 Å². The third-order valence-electron chi connectivity index (χ3n) is 4.47. The molecule has 0 saturated carbocycles. The summed E-state index contributed by atoms with van der Waals surface area (Å²) < 4.78 is 7.15. The number of hydrogen-bond donors (Lipinski definition) is 3. The fourth-order valence-corrected chi connectivity index (χ4v) is 2.96. The number of amides is 1. The average Bonchev–Trinajstić information content (AvgIpc) is 3.09. The van der Waals surface area contributed by atoms with E-state index in [1.54, 1.807) is 7.05 Å². The van der Waals surface area contributed by atoms with E-state index in [0.29, 0.717) is 13.1 Å². The van der Waals surface area contributed by atoms with Crippen molar-refractivity contribution >= 4 is 36.0 Å². The number of aryl methyl sites for hydroxylation is 2. The minimum absolute atomic E-state index is 0. The lowest BCUT2D eigenvalue weighted by Gasteiger charge is -2.19. The number of aliphatic imine (C=N–C) groups is 1. The zero-order valence-electron chi connectivity index (χ0n) is 19.8. The van der Waals surface area contributed by atoms with Gasteiger partial charge in [0.15, 0.2) is 5.96 Å². The van der Waals surface area contributed by atoms with Crippen molar-refractivity contribution in [1.82, 2.24) is 25.7 Å². The molecule has 0 aliphatic carbocycles. The minimum atomic E-state index is -0.479. The van der Waals surface area contributed by atoms with Crippen LogP contribution in [0, 0.1) is 6.92 Å². The monoisotopic (exact) mass is 556 g/mol. The maximum Gasteiger partial charge on any atom is 0.407 e. The molecule has 9 heteroatoms. The summed E-state index contributed by atoms with van der Waals surface area (Å²) in [5.41, 5.74) is 2.90. The lowest BCUT2D eigenvalue weighted by Crippen LogP contribution is -2.39. The largest absolute Gasteiger partial charge is 0.444 e. The van der Waals surface area contributed by atoms with E-state index in [-0.39, 0.29) is 30.1 Å². The van der Waals surface area contributed by atoms with Crippen molar-refractivity contribution in [3.05, 3.63) is 47.8 Å². The number of alkyl carbamates (subject to hydrolysis) is 1. The predicted molar refractivity (Wildman–Crippen MR) is 140 cm³/mol. The molecule has 178 valence electrons. The number of guanidine groups is 1. The number of benzene rings is 1. The maximum absolute atomic E-state index is 11.6. The highest BCUT2D eigenvalue weighted by Gasteiger charge is 2.15. The van der Waals surface area contributed by atoms with Crippen LogP contribution in [0.25, 0.3) is 5.69 Å². The first-order valence-electron chi connectivity index (χ1n) is 10.8. The Labute approximate surface area is 208 Å². The normalized spacial score (nSPS) is 11.5. The molecule has 1 aromatic heterocycles. The van der Waals surface area contributed by atoms with Gasteiger partial charge < -0.3 is 20.7 Å². The van der Waals surface area contributed by atoms with Gasteiger partial charge in [-0.25, -0.2) is 9.48 Å². The molecule has 0 bridgehead atoms. The molecule has 3 N–H and O–H groups in total. The smallest absolute Gasteiger partial charge is 0.407 e. The van der Waals surface area contributed by atoms with E-state index < -0.39 is 5.60 Å². The van der Waals surface area contributed by atoms with Crippen LogP contribution in [0.4, 0.5) is 4.79 Å². The van der Waals surface area contributed by atoms with Crippen LogP contribution < -0.4 is 16.0 Å². The third-order valence-corrected chi connectivity index (χ3v) is 4.47. The molecule has 0 aliphatic heterocycles. The Morgan fingerprint density at radius 3 is 2.31 bits per heavy atom. The zero-order valence-corrected chi connectivity index (χ0v) is 22.1. The van der Waals surface area contributed by atoms with Crippen molar-refractivity contribution in [3.63, 3.8) is 0 Å². The van der Waals surface area contributed by atoms with Gasteiger partial charge in [-0.15, -0.1) is 24.0 Å². The highest BCUT2D eigenvalue weighted by Crippen LogP contribution is 2.13. The Morgan fingerprint density at radius 1 is 1.06 bits per heavy atom. The molecule has 32 heavy (non-hydrogen) atoms. The number of carbonyl (C=O) groups excluding carboxylic acids is 1. The van der Waals surface area contributed by atoms with Crippen LogP contribution in [-0.2, 0) is 11.2 Å². The summed E-state index contributed by atoms with van der Waals surface area (Å²) in [6, 6.07) is 10.1. The van der Waals surface area contributed by atoms with Gasteiger partial charge in [0, 0.05) is 32.9 Å². The molecule has 1 amide bonds. The lowest BCUT2D eigenvalue weighted by atomic mass is 10.1. The molecular weight excluding hydrogens is 519 g/mol. The highest BCUT2D eigenvalue weighted by molar-refractivity contribution is 14.0. The van der Waals surface area contributed by atoms with Gasteiger partial charge in [-0.2, -0.15) is 5.10 Å². The predicted octanol–water partition coefficient (Wildman–Crippen LogP) is 3.81. The number of aromatic nitrogens is 2. The summed E-state index contributed by atoms with van der Waals surface area (Å²) in [6.07, 6.45) is 4.42. The number of hydrogen-bond acceptors (Lipinski definition) is 4. The number of rotatable bonds is 9. The molecular formula is C23H37IN6O2. The summed E-state index contributed by atoms with van der Waals surface area (Å²) in [6.45, 7) is 9.66. The van der Waals surface area contributed by atoms with Crippen LogP contribution in [0.2, 0.25) is 0 Å². The summed E-state index contributed by atoms with van der Waals surface area (Å²) in [5.74, 6) is 0.758. The van der Waals surface area contributed by atoms with Crippen molar-refractivity contribution in [1.29, 1.82) is 0 Å². The van der Waals surface area contributed by atoms with E-state index >= 15 is 0 Å². The Morgan fingerprint density at radius 2 is 1.69 bits per heavy atom. The Hall–Kier alpha value is -2.30. The van der Waals surface area contributed by atoms with Crippen LogP contribution in [-0.4, -0.2) is 54.1 Å². The van der Waals surface area contributed by atoms with Gasteiger partial charge >= 0.3 is 6.09 Å². The van der Waals surface area contributed by atoms with E-state index in [1.165, 1.54) is 5.56 Å². The minimum Gasteiger partial charge on any atom is -0.444 e. The van der Waals surface area contributed by atoms with Crippen molar-refractivity contribution < 1.29 is 9.53 Å². The fraction of sp³-hybridized carbons (Fsp3) is 0.522. The zero-order chi connectivity index (χ0) is 22.7. The second-order valence-electron chi connectivity index (χ2n) is 8.33. The Bertz CT molecular complexity index is 846. The molecule has 1 heterocycles. The highest BCUT2D eigenvalue weighted by atomic mass is 127. The second kappa shape index (κ2) is 14.0. The van der Waals surface area contributed by atoms with Crippen molar-refractivity contribution in [2.45, 2.75) is 52.6 Å². The topological polar surface area (TPSA) is 92.6 Å². The molecule has 0 spiro atoms. The van der Waals surface area contributed by atoms with E-state index in [1.807, 2.05) is 50.6 Å². The number of nitrogens with zero attached hydrogens (tertiary/aromatic N) is 3. The second-order valence-corrected chi connectivity index (χ2v) is 8.33. The molecule has 2 rings (SSSR count). The van der Waals surface area contributed by atoms with Crippen LogP contribution in [0.15, 0.2) is 41.5 Å². The summed E-state index contributed by atoms with van der Waals surface area (Å²) in [7, 11) is 1.75. The van der Waals surface area contributed by atoms with Gasteiger partial charge in [-0.3, -0.25) is 4.99 Å². The molecule has 8 nitrogen and oxygen atoms in total. The summed E-state index contributed by atoms with van der Waals surface area (Å²) in [5, 5.41) is 14.0. The first kappa shape index (κ1) is 27.7. The molecule has 0 atom stereocenters. The van der Waals surface area contributed by atoms with Gasteiger partial charge in [-0.05, 0) is 64.7 Å². The standard InChI is InChI=1S/C23H36N6O2.HI/c1-18-19(17-29(28-18)20-12-7-6-8-13-20)11-9-14-25-21(24-5)26-15-10-16-27-22(30)31-23(2,3)4;/h6-8,12-13,17H,9-11,14-16H2,1-5H3,(H,27,30)(H2,24,25,26);1H. The van der Waals surface area contributed by atoms with Gasteiger partial charge in [-0.1, -0.05) is 18.2 Å². The molecule has 0 saturated heterocycles. The first-order valence-corrected chi connectivity index (χ1v) is 10.8. The summed E-state index contributed by atoms with van der Waals surface area (Å²) in [4.78, 5) is 15.9. The molecule has 0 fully saturated rings. The average molecular weight is 556 g/mol. The fourth-order valence-electron chi connectivity index (χ4n) is 2.96. The van der Waals surface area contributed by atoms with Crippen LogP contribution >= 0.6 is 24.0 Å². The Kier molecular flexibility index (Phi) is 12.1. The van der Waals surface area contributed by atoms with E-state index in [2.05, 4.69) is 44.4 Å². The molecule has 0 unspecified atom stereocenters. The molecule has 0 aliphatic rings. The van der Waals surface area contributed by atoms with Gasteiger partial charge in [0.05, 0.1) is 11.4 Å². The van der Waals surface area contributed by atoms with Crippen molar-refractivity contribution in [2.24, 2.45) is 4.99 Å². The van der Waals surface area contributed by atoms with Crippen LogP contribution in [0.1, 0.15) is 44.9 Å². The quantitative estimate of drug-likeness (QED) is 0.189. The van der Waals surface area contributed by atoms with Crippen LogP contribution in [0.3, 0.4) is 0 Å². The number of para-hydroxylation sites is 1. The number of ether oxygens (including phenoxy) is 1. The lowest BCUT2D eigenvalue weighted by molar-refractivity contribution is 0.0527. The molecule has 2 aromatic rings. The number of carbonyl (C=O) groups is 1. The van der Waals surface area contributed by atoms with Crippen molar-refractivity contribution in [2.75, 3.05) is 26.7 Å². The number of halogens is 1. The van der Waals surface area contributed by atoms with Gasteiger partial charge in [0.1, 0.15) is 5.60 Å². The Balaban J connectivity index is 0.00000512. The first-order chi connectivity index (χ1) is 14.8. The van der Waals surface area contributed by atoms with E-state index in [4.69, 9.17) is 4.74 Å². The van der Waals surface area contributed by atoms with Crippen molar-refractivity contribution in [3.8, 4) is 5.69 Å². The van der Waals surface area contributed by atoms with Gasteiger partial charge in [0.2, 0.25) is 0 Å².